The maximum Gasteiger partial charge on any atom is 0.270 e. The van der Waals surface area contributed by atoms with Crippen LogP contribution in [0.5, 0.6) is 5.75 Å². The molecule has 33 heavy (non-hydrogen) atoms. The van der Waals surface area contributed by atoms with Gasteiger partial charge >= 0.3 is 0 Å². The van der Waals surface area contributed by atoms with E-state index in [2.05, 4.69) is 36.4 Å². The Bertz CT molecular complexity index is 1380. The lowest BCUT2D eigenvalue weighted by molar-refractivity contribution is 0.306. The SMILES string of the molecule is N#Cc1c(-c2ccccc2)nc(NN=Cc2cccc(OCc3ccc(Br)cc3)c2)[nH]c1=O. The van der Waals surface area contributed by atoms with Crippen LogP contribution >= 0.6 is 15.9 Å². The highest BCUT2D eigenvalue weighted by molar-refractivity contribution is 9.10. The van der Waals surface area contributed by atoms with Crippen molar-refractivity contribution in [3.8, 4) is 23.1 Å². The van der Waals surface area contributed by atoms with E-state index in [0.29, 0.717) is 23.6 Å². The van der Waals surface area contributed by atoms with Gasteiger partial charge in [0.15, 0.2) is 0 Å². The van der Waals surface area contributed by atoms with Crippen LogP contribution in [-0.2, 0) is 6.61 Å². The fourth-order valence-electron chi connectivity index (χ4n) is 3.03. The van der Waals surface area contributed by atoms with Crippen LogP contribution in [0.4, 0.5) is 5.95 Å². The molecule has 0 aliphatic rings. The van der Waals surface area contributed by atoms with Crippen LogP contribution in [0.3, 0.4) is 0 Å². The Morgan fingerprint density at radius 2 is 1.88 bits per heavy atom. The quantitative estimate of drug-likeness (QED) is 0.272. The molecule has 0 radical (unpaired) electrons. The van der Waals surface area contributed by atoms with Crippen molar-refractivity contribution in [2.45, 2.75) is 6.61 Å². The smallest absolute Gasteiger partial charge is 0.270 e. The van der Waals surface area contributed by atoms with Gasteiger partial charge in [0.25, 0.3) is 5.56 Å². The normalized spacial score (nSPS) is 10.7. The van der Waals surface area contributed by atoms with Gasteiger partial charge < -0.3 is 4.74 Å². The molecule has 4 aromatic rings. The van der Waals surface area contributed by atoms with Crippen LogP contribution in [0.15, 0.2) is 93.2 Å². The topological polar surface area (TPSA) is 103 Å². The third kappa shape index (κ3) is 5.73. The number of nitriles is 1. The zero-order chi connectivity index (χ0) is 23.0. The summed E-state index contributed by atoms with van der Waals surface area (Å²) < 4.78 is 6.87. The van der Waals surface area contributed by atoms with Gasteiger partial charge in [-0.05, 0) is 35.4 Å². The number of nitrogens with one attached hydrogen (secondary N) is 2. The first kappa shape index (κ1) is 22.0. The number of benzene rings is 3. The Labute approximate surface area is 198 Å². The highest BCUT2D eigenvalue weighted by Gasteiger charge is 2.12. The Hall–Kier alpha value is -4.22. The van der Waals surface area contributed by atoms with E-state index in [-0.39, 0.29) is 11.5 Å². The molecule has 162 valence electrons. The molecule has 0 atom stereocenters. The van der Waals surface area contributed by atoms with E-state index < -0.39 is 5.56 Å². The maximum absolute atomic E-state index is 12.3. The molecule has 3 aromatic carbocycles. The van der Waals surface area contributed by atoms with E-state index in [9.17, 15) is 10.1 Å². The van der Waals surface area contributed by atoms with Gasteiger partial charge in [-0.15, -0.1) is 0 Å². The van der Waals surface area contributed by atoms with Crippen molar-refractivity contribution >= 4 is 28.1 Å². The lowest BCUT2D eigenvalue weighted by atomic mass is 10.1. The number of rotatable bonds is 7. The summed E-state index contributed by atoms with van der Waals surface area (Å²) >= 11 is 3.42. The summed E-state index contributed by atoms with van der Waals surface area (Å²) in [6, 6.07) is 26.4. The molecule has 0 fully saturated rings. The number of aromatic amines is 1. The van der Waals surface area contributed by atoms with E-state index in [0.717, 1.165) is 15.6 Å². The largest absolute Gasteiger partial charge is 0.489 e. The molecular weight excluding hydrogens is 482 g/mol. The van der Waals surface area contributed by atoms with E-state index in [1.54, 1.807) is 18.3 Å². The van der Waals surface area contributed by atoms with Gasteiger partial charge in [-0.2, -0.15) is 10.4 Å². The third-order valence-electron chi connectivity index (χ3n) is 4.64. The number of anilines is 1. The standard InChI is InChI=1S/C25H18BrN5O2/c26-20-11-9-17(10-12-20)16-33-21-8-4-5-18(13-21)15-28-31-25-29-23(19-6-2-1-3-7-19)22(14-27)24(32)30-25/h1-13,15H,16H2,(H2,29,30,31,32). The number of halogens is 1. The second kappa shape index (κ2) is 10.4. The molecule has 0 unspecified atom stereocenters. The number of hydrogen-bond acceptors (Lipinski definition) is 6. The van der Waals surface area contributed by atoms with Crippen LogP contribution < -0.4 is 15.7 Å². The summed E-state index contributed by atoms with van der Waals surface area (Å²) in [6.07, 6.45) is 1.59. The van der Waals surface area contributed by atoms with Crippen molar-refractivity contribution in [3.63, 3.8) is 0 Å². The first-order valence-corrected chi connectivity index (χ1v) is 10.8. The highest BCUT2D eigenvalue weighted by atomic mass is 79.9. The predicted octanol–water partition coefficient (Wildman–Crippen LogP) is 5.10. The Kier molecular flexibility index (Phi) is 6.93. The zero-order valence-corrected chi connectivity index (χ0v) is 18.9. The minimum Gasteiger partial charge on any atom is -0.489 e. The van der Waals surface area contributed by atoms with Crippen LogP contribution in [0.25, 0.3) is 11.3 Å². The van der Waals surface area contributed by atoms with Gasteiger partial charge in [-0.3, -0.25) is 9.78 Å². The Morgan fingerprint density at radius 1 is 1.09 bits per heavy atom. The van der Waals surface area contributed by atoms with Crippen molar-refractivity contribution < 1.29 is 4.74 Å². The zero-order valence-electron chi connectivity index (χ0n) is 17.3. The Balaban J connectivity index is 1.46. The van der Waals surface area contributed by atoms with Gasteiger partial charge in [-0.1, -0.05) is 70.5 Å². The summed E-state index contributed by atoms with van der Waals surface area (Å²) in [7, 11) is 0. The minimum atomic E-state index is -0.535. The van der Waals surface area contributed by atoms with Crippen molar-refractivity contribution in [3.05, 3.63) is 110 Å². The maximum atomic E-state index is 12.3. The highest BCUT2D eigenvalue weighted by Crippen LogP contribution is 2.20. The van der Waals surface area contributed by atoms with Crippen molar-refractivity contribution in [2.24, 2.45) is 5.10 Å². The molecule has 1 aromatic heterocycles. The fraction of sp³-hybridized carbons (Fsp3) is 0.0400. The lowest BCUT2D eigenvalue weighted by Gasteiger charge is -2.07. The number of hydrazone groups is 1. The van der Waals surface area contributed by atoms with E-state index >= 15 is 0 Å². The molecule has 0 bridgehead atoms. The van der Waals surface area contributed by atoms with Crippen molar-refractivity contribution in [1.82, 2.24) is 9.97 Å². The van der Waals surface area contributed by atoms with E-state index in [1.807, 2.05) is 72.8 Å². The van der Waals surface area contributed by atoms with Gasteiger partial charge in [-0.25, -0.2) is 10.4 Å². The lowest BCUT2D eigenvalue weighted by Crippen LogP contribution is -2.16. The molecule has 0 amide bonds. The number of hydrogen-bond donors (Lipinski definition) is 2. The van der Waals surface area contributed by atoms with Crippen LogP contribution in [0, 0.1) is 11.3 Å². The molecule has 7 nitrogen and oxygen atoms in total. The summed E-state index contributed by atoms with van der Waals surface area (Å²) in [5.74, 6) is 0.842. The summed E-state index contributed by atoms with van der Waals surface area (Å²) in [5, 5.41) is 13.5. The van der Waals surface area contributed by atoms with Crippen LogP contribution in [-0.4, -0.2) is 16.2 Å². The van der Waals surface area contributed by atoms with Gasteiger partial charge in [0, 0.05) is 10.0 Å². The van der Waals surface area contributed by atoms with E-state index in [4.69, 9.17) is 4.74 Å². The Morgan fingerprint density at radius 3 is 2.64 bits per heavy atom. The predicted molar refractivity (Wildman–Crippen MR) is 131 cm³/mol. The van der Waals surface area contributed by atoms with Gasteiger partial charge in [0.05, 0.1) is 11.9 Å². The molecule has 0 saturated carbocycles. The molecule has 0 aliphatic heterocycles. The number of H-pyrrole nitrogens is 1. The van der Waals surface area contributed by atoms with Crippen molar-refractivity contribution in [1.29, 1.82) is 5.26 Å². The van der Waals surface area contributed by atoms with Gasteiger partial charge in [0.1, 0.15) is 24.0 Å². The molecule has 1 heterocycles. The molecular formula is C25H18BrN5O2. The molecule has 2 N–H and O–H groups in total. The average molecular weight is 500 g/mol. The van der Waals surface area contributed by atoms with Crippen LogP contribution in [0.1, 0.15) is 16.7 Å². The van der Waals surface area contributed by atoms with E-state index in [1.165, 1.54) is 0 Å². The fourth-order valence-corrected chi connectivity index (χ4v) is 3.30. The summed E-state index contributed by atoms with van der Waals surface area (Å²) in [6.45, 7) is 0.449. The molecule has 4 rings (SSSR count). The number of ether oxygens (including phenoxy) is 1. The van der Waals surface area contributed by atoms with Gasteiger partial charge in [0.2, 0.25) is 5.95 Å². The molecule has 0 saturated heterocycles. The molecule has 0 aliphatic carbocycles. The second-order valence-corrected chi connectivity index (χ2v) is 7.89. The second-order valence-electron chi connectivity index (χ2n) is 6.97. The first-order chi connectivity index (χ1) is 16.1. The average Bonchev–Trinajstić information content (AvgIpc) is 2.84. The molecule has 0 spiro atoms. The number of nitrogens with zero attached hydrogens (tertiary/aromatic N) is 3. The molecule has 8 heteroatoms. The summed E-state index contributed by atoms with van der Waals surface area (Å²) in [4.78, 5) is 19.2. The first-order valence-electron chi connectivity index (χ1n) is 9.98. The monoisotopic (exact) mass is 499 g/mol. The van der Waals surface area contributed by atoms with Crippen molar-refractivity contribution in [2.75, 3.05) is 5.43 Å². The van der Waals surface area contributed by atoms with Crippen LogP contribution in [0.2, 0.25) is 0 Å². The third-order valence-corrected chi connectivity index (χ3v) is 5.17. The number of aromatic nitrogens is 2. The minimum absolute atomic E-state index is 0.0497. The summed E-state index contributed by atoms with van der Waals surface area (Å²) in [5.41, 5.74) is 4.97.